The van der Waals surface area contributed by atoms with Crippen molar-refractivity contribution >= 4 is 6.09 Å². The molecule has 4 nitrogen and oxygen atoms in total. The van der Waals surface area contributed by atoms with Gasteiger partial charge in [0.2, 0.25) is 0 Å². The minimum absolute atomic E-state index is 0.361. The maximum Gasteiger partial charge on any atom is 0.413 e. The highest BCUT2D eigenvalue weighted by Crippen LogP contribution is 2.07. The molecule has 1 N–H and O–H groups in total. The van der Waals surface area contributed by atoms with Crippen molar-refractivity contribution in [2.24, 2.45) is 0 Å². The molecule has 11 heavy (non-hydrogen) atoms. The van der Waals surface area contributed by atoms with Gasteiger partial charge in [-0.1, -0.05) is 6.08 Å². The monoisotopic (exact) mass is 155 g/mol. The zero-order chi connectivity index (χ0) is 8.27. The number of nitrogens with zero attached hydrogens (tertiary/aromatic N) is 1. The van der Waals surface area contributed by atoms with Crippen molar-refractivity contribution in [1.82, 2.24) is 4.90 Å². The molecule has 0 aromatic heterocycles. The molecular formula is C7H9NO3. The molecule has 1 heterocycles. The molecular weight excluding hydrogens is 146 g/mol. The average molecular weight is 155 g/mol. The molecule has 0 saturated heterocycles. The standard InChI is InChI=1S/C7H9NO3/c1-8(7(9)10)6-4-2-3-5-11-6/h2-4H,5H2,1H3,(H,9,10). The average Bonchev–Trinajstić information content (AvgIpc) is 2.05. The largest absolute Gasteiger partial charge is 0.474 e. The van der Waals surface area contributed by atoms with Crippen molar-refractivity contribution in [1.29, 1.82) is 0 Å². The van der Waals surface area contributed by atoms with E-state index in [1.807, 2.05) is 0 Å². The molecule has 0 fully saturated rings. The van der Waals surface area contributed by atoms with Crippen molar-refractivity contribution in [3.63, 3.8) is 0 Å². The maximum atomic E-state index is 10.4. The predicted octanol–water partition coefficient (Wildman–Crippen LogP) is 1.02. The summed E-state index contributed by atoms with van der Waals surface area (Å²) in [7, 11) is 1.44. The van der Waals surface area contributed by atoms with Gasteiger partial charge in [0.15, 0.2) is 5.88 Å². The lowest BCUT2D eigenvalue weighted by Crippen LogP contribution is -2.26. The van der Waals surface area contributed by atoms with Crippen molar-refractivity contribution in [3.8, 4) is 0 Å². The first kappa shape index (κ1) is 7.65. The van der Waals surface area contributed by atoms with E-state index < -0.39 is 6.09 Å². The van der Waals surface area contributed by atoms with Crippen LogP contribution in [0.3, 0.4) is 0 Å². The van der Waals surface area contributed by atoms with E-state index in [0.717, 1.165) is 4.90 Å². The van der Waals surface area contributed by atoms with E-state index in [-0.39, 0.29) is 0 Å². The lowest BCUT2D eigenvalue weighted by Gasteiger charge is -2.18. The molecule has 0 atom stereocenters. The first-order valence-corrected chi connectivity index (χ1v) is 3.18. The topological polar surface area (TPSA) is 49.8 Å². The lowest BCUT2D eigenvalue weighted by molar-refractivity contribution is 0.117. The van der Waals surface area contributed by atoms with E-state index in [9.17, 15) is 4.79 Å². The molecule has 1 amide bonds. The number of carboxylic acid groups (broad SMARTS) is 1. The summed E-state index contributed by atoms with van der Waals surface area (Å²) in [6, 6.07) is 0. The second-order valence-electron chi connectivity index (χ2n) is 2.09. The van der Waals surface area contributed by atoms with Gasteiger partial charge in [0.05, 0.1) is 0 Å². The number of amides is 1. The predicted molar refractivity (Wildman–Crippen MR) is 39.0 cm³/mol. The van der Waals surface area contributed by atoms with Crippen LogP contribution in [-0.4, -0.2) is 29.8 Å². The molecule has 0 aromatic rings. The van der Waals surface area contributed by atoms with Crippen molar-refractivity contribution in [3.05, 3.63) is 24.1 Å². The van der Waals surface area contributed by atoms with Crippen LogP contribution in [0.25, 0.3) is 0 Å². The molecule has 1 aliphatic heterocycles. The van der Waals surface area contributed by atoms with Gasteiger partial charge in [-0.15, -0.1) is 0 Å². The molecule has 0 unspecified atom stereocenters. The first-order chi connectivity index (χ1) is 5.22. The van der Waals surface area contributed by atoms with Gasteiger partial charge in [-0.25, -0.2) is 4.79 Å². The summed E-state index contributed by atoms with van der Waals surface area (Å²) in [5.41, 5.74) is 0. The number of carbonyl (C=O) groups is 1. The molecule has 0 radical (unpaired) electrons. The highest BCUT2D eigenvalue weighted by molar-refractivity contribution is 5.66. The Morgan fingerprint density at radius 1 is 1.82 bits per heavy atom. The summed E-state index contributed by atoms with van der Waals surface area (Å²) in [4.78, 5) is 11.4. The van der Waals surface area contributed by atoms with Gasteiger partial charge >= 0.3 is 6.09 Å². The van der Waals surface area contributed by atoms with Gasteiger partial charge in [-0.3, -0.25) is 4.90 Å². The zero-order valence-electron chi connectivity index (χ0n) is 6.15. The van der Waals surface area contributed by atoms with E-state index in [1.54, 1.807) is 18.2 Å². The van der Waals surface area contributed by atoms with Crippen molar-refractivity contribution < 1.29 is 14.6 Å². The van der Waals surface area contributed by atoms with E-state index in [4.69, 9.17) is 9.84 Å². The van der Waals surface area contributed by atoms with Crippen LogP contribution < -0.4 is 0 Å². The normalized spacial score (nSPS) is 15.2. The van der Waals surface area contributed by atoms with E-state index >= 15 is 0 Å². The number of ether oxygens (including phenoxy) is 1. The third kappa shape index (κ3) is 1.73. The minimum atomic E-state index is -1.02. The van der Waals surface area contributed by atoms with Gasteiger partial charge in [-0.05, 0) is 12.2 Å². The number of hydrogen-bond donors (Lipinski definition) is 1. The Kier molecular flexibility index (Phi) is 2.15. The SMILES string of the molecule is CN(C(=O)O)C1=CC=CCO1. The van der Waals surface area contributed by atoms with Crippen LogP contribution in [0.2, 0.25) is 0 Å². The van der Waals surface area contributed by atoms with Crippen LogP contribution in [0.15, 0.2) is 24.1 Å². The zero-order valence-corrected chi connectivity index (χ0v) is 6.15. The van der Waals surface area contributed by atoms with Gasteiger partial charge in [-0.2, -0.15) is 0 Å². The van der Waals surface area contributed by atoms with Crippen LogP contribution >= 0.6 is 0 Å². The molecule has 60 valence electrons. The molecule has 0 bridgehead atoms. The molecule has 0 saturated carbocycles. The van der Waals surface area contributed by atoms with Gasteiger partial charge < -0.3 is 9.84 Å². The highest BCUT2D eigenvalue weighted by atomic mass is 16.5. The molecule has 0 spiro atoms. The van der Waals surface area contributed by atoms with Gasteiger partial charge in [0.25, 0.3) is 0 Å². The smallest absolute Gasteiger partial charge is 0.413 e. The maximum absolute atomic E-state index is 10.4. The van der Waals surface area contributed by atoms with E-state index in [1.165, 1.54) is 7.05 Å². The Morgan fingerprint density at radius 3 is 3.00 bits per heavy atom. The van der Waals surface area contributed by atoms with Crippen LogP contribution in [0.4, 0.5) is 4.79 Å². The summed E-state index contributed by atoms with van der Waals surface area (Å²) in [5, 5.41) is 8.52. The summed E-state index contributed by atoms with van der Waals surface area (Å²) in [6.07, 6.45) is 4.15. The lowest BCUT2D eigenvalue weighted by atomic mass is 10.4. The van der Waals surface area contributed by atoms with E-state index in [2.05, 4.69) is 0 Å². The quantitative estimate of drug-likeness (QED) is 0.615. The Balaban J connectivity index is 2.66. The van der Waals surface area contributed by atoms with Crippen LogP contribution in [-0.2, 0) is 4.74 Å². The summed E-state index contributed by atoms with van der Waals surface area (Å²) in [6.45, 7) is 0.434. The molecule has 1 rings (SSSR count). The molecule has 0 aromatic carbocycles. The fourth-order valence-electron chi connectivity index (χ4n) is 0.690. The Bertz CT molecular complexity index is 220. The Morgan fingerprint density at radius 2 is 2.55 bits per heavy atom. The molecule has 0 aliphatic carbocycles. The number of hydrogen-bond acceptors (Lipinski definition) is 2. The molecule has 4 heteroatoms. The van der Waals surface area contributed by atoms with Crippen LogP contribution in [0.1, 0.15) is 0 Å². The van der Waals surface area contributed by atoms with E-state index in [0.29, 0.717) is 12.5 Å². The summed E-state index contributed by atoms with van der Waals surface area (Å²) < 4.78 is 5.02. The van der Waals surface area contributed by atoms with Gasteiger partial charge in [0.1, 0.15) is 6.61 Å². The summed E-state index contributed by atoms with van der Waals surface area (Å²) >= 11 is 0. The first-order valence-electron chi connectivity index (χ1n) is 3.18. The third-order valence-corrected chi connectivity index (χ3v) is 1.32. The third-order valence-electron chi connectivity index (χ3n) is 1.32. The minimum Gasteiger partial charge on any atom is -0.474 e. The number of allylic oxidation sites excluding steroid dienone is 2. The molecule has 1 aliphatic rings. The summed E-state index contributed by atoms with van der Waals surface area (Å²) in [5.74, 6) is 0.361. The Hall–Kier alpha value is -1.45. The fraction of sp³-hybridized carbons (Fsp3) is 0.286. The fourth-order valence-corrected chi connectivity index (χ4v) is 0.690. The van der Waals surface area contributed by atoms with Crippen molar-refractivity contribution in [2.45, 2.75) is 0 Å². The van der Waals surface area contributed by atoms with Crippen LogP contribution in [0, 0.1) is 0 Å². The second-order valence-corrected chi connectivity index (χ2v) is 2.09. The Labute approximate surface area is 64.4 Å². The van der Waals surface area contributed by atoms with Gasteiger partial charge in [0, 0.05) is 7.05 Å². The number of rotatable bonds is 1. The highest BCUT2D eigenvalue weighted by Gasteiger charge is 2.12. The second kappa shape index (κ2) is 3.09. The van der Waals surface area contributed by atoms with Crippen LogP contribution in [0.5, 0.6) is 0 Å². The van der Waals surface area contributed by atoms with Crippen molar-refractivity contribution in [2.75, 3.05) is 13.7 Å².